The van der Waals surface area contributed by atoms with Gasteiger partial charge in [-0.25, -0.2) is 15.8 Å². The van der Waals surface area contributed by atoms with Crippen molar-refractivity contribution in [3.8, 4) is 0 Å². The van der Waals surface area contributed by atoms with E-state index in [1.54, 1.807) is 0 Å². The molecule has 0 bridgehead atoms. The van der Waals surface area contributed by atoms with E-state index >= 15 is 0 Å². The van der Waals surface area contributed by atoms with Gasteiger partial charge in [0.25, 0.3) is 5.91 Å². The number of rotatable bonds is 6. The van der Waals surface area contributed by atoms with Gasteiger partial charge in [0.15, 0.2) is 5.82 Å². The van der Waals surface area contributed by atoms with Gasteiger partial charge in [0.2, 0.25) is 0 Å². The van der Waals surface area contributed by atoms with E-state index in [0.717, 1.165) is 13.1 Å². The number of carbonyl (C=O) groups is 1. The molecule has 0 aromatic carbocycles. The summed E-state index contributed by atoms with van der Waals surface area (Å²) in [6.45, 7) is 4.40. The smallest absolute Gasteiger partial charge is 0.271 e. The van der Waals surface area contributed by atoms with E-state index in [0.29, 0.717) is 12.4 Å². The number of amides is 1. The van der Waals surface area contributed by atoms with Crippen molar-refractivity contribution in [2.75, 3.05) is 32.1 Å². The van der Waals surface area contributed by atoms with E-state index < -0.39 is 0 Å². The first-order valence-electron chi connectivity index (χ1n) is 5.42. The summed E-state index contributed by atoms with van der Waals surface area (Å²) in [5.41, 5.74) is 2.63. The molecule has 94 valence electrons. The lowest BCUT2D eigenvalue weighted by molar-refractivity contribution is 0.0945. The molecule has 17 heavy (non-hydrogen) atoms. The predicted molar refractivity (Wildman–Crippen MR) is 65.3 cm³/mol. The Bertz CT molecular complexity index is 352. The molecule has 1 amide bonds. The van der Waals surface area contributed by atoms with Crippen molar-refractivity contribution in [1.82, 2.24) is 20.2 Å². The van der Waals surface area contributed by atoms with Crippen LogP contribution in [-0.2, 0) is 0 Å². The summed E-state index contributed by atoms with van der Waals surface area (Å²) in [6, 6.07) is 0. The number of hydrogen-bond acceptors (Lipinski definition) is 6. The summed E-state index contributed by atoms with van der Waals surface area (Å²) in [5, 5.41) is 2.77. The summed E-state index contributed by atoms with van der Waals surface area (Å²) in [4.78, 5) is 21.6. The van der Waals surface area contributed by atoms with Gasteiger partial charge in [0.1, 0.15) is 5.69 Å². The van der Waals surface area contributed by atoms with Gasteiger partial charge in [-0.2, -0.15) is 0 Å². The first-order valence-corrected chi connectivity index (χ1v) is 5.42. The molecule has 0 unspecified atom stereocenters. The van der Waals surface area contributed by atoms with Gasteiger partial charge >= 0.3 is 0 Å². The molecule has 0 spiro atoms. The second kappa shape index (κ2) is 6.77. The first-order chi connectivity index (χ1) is 8.17. The standard InChI is InChI=1S/C10H18N6O/c1-3-16(2)5-4-12-10(17)8-6-14-9(15-11)7-13-8/h6-7H,3-5,11H2,1-2H3,(H,12,17)(H,14,15). The SMILES string of the molecule is CCN(C)CCNC(=O)c1cnc(NN)cn1. The molecule has 1 heterocycles. The topological polar surface area (TPSA) is 96.2 Å². The highest BCUT2D eigenvalue weighted by molar-refractivity contribution is 5.91. The molecule has 1 aromatic rings. The molecule has 0 fully saturated rings. The van der Waals surface area contributed by atoms with Gasteiger partial charge in [-0.05, 0) is 13.6 Å². The molecule has 0 aliphatic rings. The van der Waals surface area contributed by atoms with Crippen LogP contribution >= 0.6 is 0 Å². The molecule has 1 rings (SSSR count). The Hall–Kier alpha value is -1.73. The average Bonchev–Trinajstić information content (AvgIpc) is 2.38. The number of aromatic nitrogens is 2. The molecule has 0 aliphatic carbocycles. The molecular formula is C10H18N6O. The third-order valence-electron chi connectivity index (χ3n) is 2.35. The van der Waals surface area contributed by atoms with Crippen molar-refractivity contribution in [2.45, 2.75) is 6.92 Å². The number of hydrogen-bond donors (Lipinski definition) is 3. The first kappa shape index (κ1) is 13.3. The molecule has 0 radical (unpaired) electrons. The van der Waals surface area contributed by atoms with Gasteiger partial charge in [-0.3, -0.25) is 4.79 Å². The maximum Gasteiger partial charge on any atom is 0.271 e. The van der Waals surface area contributed by atoms with Gasteiger partial charge in [0, 0.05) is 13.1 Å². The summed E-state index contributed by atoms with van der Waals surface area (Å²) in [6.07, 6.45) is 2.79. The Morgan fingerprint density at radius 1 is 1.47 bits per heavy atom. The van der Waals surface area contributed by atoms with Crippen molar-refractivity contribution in [2.24, 2.45) is 5.84 Å². The number of nitrogens with zero attached hydrogens (tertiary/aromatic N) is 3. The molecule has 7 nitrogen and oxygen atoms in total. The second-order valence-electron chi connectivity index (χ2n) is 3.58. The van der Waals surface area contributed by atoms with Gasteiger partial charge < -0.3 is 15.6 Å². The van der Waals surface area contributed by atoms with E-state index in [4.69, 9.17) is 5.84 Å². The predicted octanol–water partition coefficient (Wildman–Crippen LogP) is -0.556. The molecule has 0 aliphatic heterocycles. The zero-order valence-corrected chi connectivity index (χ0v) is 10.1. The lowest BCUT2D eigenvalue weighted by Gasteiger charge is -2.13. The molecule has 0 atom stereocenters. The van der Waals surface area contributed by atoms with Crippen molar-refractivity contribution in [3.63, 3.8) is 0 Å². The Labute approximate surface area is 100 Å². The van der Waals surface area contributed by atoms with Crippen LogP contribution < -0.4 is 16.6 Å². The van der Waals surface area contributed by atoms with Crippen LogP contribution in [-0.4, -0.2) is 47.5 Å². The van der Waals surface area contributed by atoms with Gasteiger partial charge in [0.05, 0.1) is 12.4 Å². The van der Waals surface area contributed by atoms with Crippen LogP contribution in [0, 0.1) is 0 Å². The van der Waals surface area contributed by atoms with Gasteiger partial charge in [-0.1, -0.05) is 6.92 Å². The van der Waals surface area contributed by atoms with Crippen molar-refractivity contribution < 1.29 is 4.79 Å². The average molecular weight is 238 g/mol. The Morgan fingerprint density at radius 3 is 2.76 bits per heavy atom. The van der Waals surface area contributed by atoms with Crippen LogP contribution in [0.4, 0.5) is 5.82 Å². The van der Waals surface area contributed by atoms with Gasteiger partial charge in [-0.15, -0.1) is 0 Å². The summed E-state index contributed by atoms with van der Waals surface area (Å²) in [7, 11) is 1.99. The summed E-state index contributed by atoms with van der Waals surface area (Å²) >= 11 is 0. The fourth-order valence-corrected chi connectivity index (χ4v) is 1.13. The van der Waals surface area contributed by atoms with E-state index in [2.05, 4.69) is 32.5 Å². The Morgan fingerprint density at radius 2 is 2.24 bits per heavy atom. The molecule has 4 N–H and O–H groups in total. The lowest BCUT2D eigenvalue weighted by Crippen LogP contribution is -2.33. The minimum atomic E-state index is -0.231. The maximum atomic E-state index is 11.6. The van der Waals surface area contributed by atoms with Crippen LogP contribution in [0.15, 0.2) is 12.4 Å². The minimum Gasteiger partial charge on any atom is -0.349 e. The fourth-order valence-electron chi connectivity index (χ4n) is 1.13. The zero-order chi connectivity index (χ0) is 12.7. The molecule has 0 saturated heterocycles. The van der Waals surface area contributed by atoms with Crippen LogP contribution in [0.25, 0.3) is 0 Å². The van der Waals surface area contributed by atoms with Crippen molar-refractivity contribution in [3.05, 3.63) is 18.1 Å². The zero-order valence-electron chi connectivity index (χ0n) is 10.1. The monoisotopic (exact) mass is 238 g/mol. The van der Waals surface area contributed by atoms with Crippen molar-refractivity contribution in [1.29, 1.82) is 0 Å². The Balaban J connectivity index is 2.41. The highest BCUT2D eigenvalue weighted by Gasteiger charge is 2.07. The largest absolute Gasteiger partial charge is 0.349 e. The minimum absolute atomic E-state index is 0.231. The van der Waals surface area contributed by atoms with Crippen LogP contribution in [0.1, 0.15) is 17.4 Å². The number of nitrogen functional groups attached to an aromatic ring is 1. The van der Waals surface area contributed by atoms with Crippen molar-refractivity contribution >= 4 is 11.7 Å². The number of likely N-dealkylation sites (N-methyl/N-ethyl adjacent to an activating group) is 1. The maximum absolute atomic E-state index is 11.6. The third-order valence-corrected chi connectivity index (χ3v) is 2.35. The number of nitrogens with two attached hydrogens (primary N) is 1. The van der Waals surface area contributed by atoms with E-state index in [1.807, 2.05) is 7.05 Å². The van der Waals surface area contributed by atoms with E-state index in [1.165, 1.54) is 12.4 Å². The number of hydrazine groups is 1. The number of carbonyl (C=O) groups excluding carboxylic acids is 1. The van der Waals surface area contributed by atoms with Crippen LogP contribution in [0.3, 0.4) is 0 Å². The second-order valence-corrected chi connectivity index (χ2v) is 3.58. The summed E-state index contributed by atoms with van der Waals surface area (Å²) in [5.74, 6) is 5.34. The Kier molecular flexibility index (Phi) is 5.31. The molecule has 7 heteroatoms. The summed E-state index contributed by atoms with van der Waals surface area (Å²) < 4.78 is 0. The molecular weight excluding hydrogens is 220 g/mol. The third kappa shape index (κ3) is 4.33. The molecule has 0 saturated carbocycles. The molecule has 1 aromatic heterocycles. The van der Waals surface area contributed by atoms with E-state index in [9.17, 15) is 4.79 Å². The number of anilines is 1. The van der Waals surface area contributed by atoms with Crippen LogP contribution in [0.2, 0.25) is 0 Å². The van der Waals surface area contributed by atoms with E-state index in [-0.39, 0.29) is 11.6 Å². The normalized spacial score (nSPS) is 10.4. The number of nitrogens with one attached hydrogen (secondary N) is 2. The lowest BCUT2D eigenvalue weighted by atomic mass is 10.4. The fraction of sp³-hybridized carbons (Fsp3) is 0.500. The quantitative estimate of drug-likeness (QED) is 0.454. The highest BCUT2D eigenvalue weighted by Crippen LogP contribution is 1.98. The van der Waals surface area contributed by atoms with Crippen LogP contribution in [0.5, 0.6) is 0 Å². The highest BCUT2D eigenvalue weighted by atomic mass is 16.1.